The Morgan fingerprint density at radius 3 is 2.13 bits per heavy atom. The zero-order valence-electron chi connectivity index (χ0n) is 8.20. The summed E-state index contributed by atoms with van der Waals surface area (Å²) in [4.78, 5) is 10.8. The molecule has 0 fully saturated rings. The fourth-order valence-electron chi connectivity index (χ4n) is 0.546. The predicted octanol–water partition coefficient (Wildman–Crippen LogP) is 2.77. The standard InChI is InChI=1S/C8H11F5O2/c1-3-5(2)6(14)15-8(12,13)7(10,11)4-9/h5H,3-4H2,1-2H3. The number of hydrogen-bond donors (Lipinski definition) is 0. The summed E-state index contributed by atoms with van der Waals surface area (Å²) in [6, 6.07) is 0. The van der Waals surface area contributed by atoms with Gasteiger partial charge in [-0.25, -0.2) is 4.39 Å². The second kappa shape index (κ2) is 4.76. The van der Waals surface area contributed by atoms with Crippen molar-refractivity contribution in [2.75, 3.05) is 6.67 Å². The van der Waals surface area contributed by atoms with Gasteiger partial charge < -0.3 is 4.74 Å². The maximum Gasteiger partial charge on any atom is 0.469 e. The highest BCUT2D eigenvalue weighted by atomic mass is 19.3. The Labute approximate surface area is 83.4 Å². The van der Waals surface area contributed by atoms with Crippen LogP contribution >= 0.6 is 0 Å². The predicted molar refractivity (Wildman–Crippen MR) is 41.4 cm³/mol. The molecule has 0 saturated heterocycles. The van der Waals surface area contributed by atoms with Crippen LogP contribution in [0.2, 0.25) is 0 Å². The molecule has 1 unspecified atom stereocenters. The first-order chi connectivity index (χ1) is 6.68. The lowest BCUT2D eigenvalue weighted by molar-refractivity contribution is -0.334. The molecule has 90 valence electrons. The van der Waals surface area contributed by atoms with Crippen molar-refractivity contribution in [3.8, 4) is 0 Å². The van der Waals surface area contributed by atoms with E-state index in [0.717, 1.165) is 0 Å². The third kappa shape index (κ3) is 3.32. The molecule has 0 N–H and O–H groups in total. The summed E-state index contributed by atoms with van der Waals surface area (Å²) in [6.07, 6.45) is -4.95. The fourth-order valence-corrected chi connectivity index (χ4v) is 0.546. The lowest BCUT2D eigenvalue weighted by Crippen LogP contribution is -2.46. The van der Waals surface area contributed by atoms with Crippen molar-refractivity contribution in [2.45, 2.75) is 32.3 Å². The summed E-state index contributed by atoms with van der Waals surface area (Å²) >= 11 is 0. The van der Waals surface area contributed by atoms with E-state index in [2.05, 4.69) is 4.74 Å². The molecule has 0 aliphatic heterocycles. The summed E-state index contributed by atoms with van der Waals surface area (Å²) in [5, 5.41) is 0. The van der Waals surface area contributed by atoms with E-state index in [-0.39, 0.29) is 6.42 Å². The van der Waals surface area contributed by atoms with E-state index < -0.39 is 30.6 Å². The largest absolute Gasteiger partial charge is 0.469 e. The van der Waals surface area contributed by atoms with Crippen LogP contribution in [0.25, 0.3) is 0 Å². The smallest absolute Gasteiger partial charge is 0.396 e. The van der Waals surface area contributed by atoms with E-state index in [0.29, 0.717) is 0 Å². The van der Waals surface area contributed by atoms with Crippen molar-refractivity contribution < 1.29 is 31.5 Å². The summed E-state index contributed by atoms with van der Waals surface area (Å²) in [5.41, 5.74) is 0. The van der Waals surface area contributed by atoms with Crippen molar-refractivity contribution in [3.63, 3.8) is 0 Å². The van der Waals surface area contributed by atoms with Gasteiger partial charge in [-0.1, -0.05) is 13.8 Å². The Morgan fingerprint density at radius 2 is 1.80 bits per heavy atom. The number of hydrogen-bond acceptors (Lipinski definition) is 2. The van der Waals surface area contributed by atoms with Crippen LogP contribution in [-0.4, -0.2) is 24.7 Å². The lowest BCUT2D eigenvalue weighted by atomic mass is 10.1. The molecule has 0 aromatic carbocycles. The van der Waals surface area contributed by atoms with Crippen LogP contribution in [-0.2, 0) is 9.53 Å². The normalized spacial score (nSPS) is 14.9. The van der Waals surface area contributed by atoms with Crippen molar-refractivity contribution in [2.24, 2.45) is 5.92 Å². The summed E-state index contributed by atoms with van der Waals surface area (Å²) in [7, 11) is 0. The first-order valence-corrected chi connectivity index (χ1v) is 4.22. The Hall–Kier alpha value is -0.880. The lowest BCUT2D eigenvalue weighted by Gasteiger charge is -2.24. The molecule has 0 radical (unpaired) electrons. The molecule has 0 rings (SSSR count). The van der Waals surface area contributed by atoms with Gasteiger partial charge in [-0.05, 0) is 6.42 Å². The molecule has 15 heavy (non-hydrogen) atoms. The number of alkyl halides is 5. The molecule has 0 aliphatic carbocycles. The second-order valence-corrected chi connectivity index (χ2v) is 3.09. The third-order valence-corrected chi connectivity index (χ3v) is 1.84. The molecule has 0 saturated carbocycles. The van der Waals surface area contributed by atoms with Crippen LogP contribution in [0, 0.1) is 5.92 Å². The molecule has 0 spiro atoms. The van der Waals surface area contributed by atoms with E-state index >= 15 is 0 Å². The summed E-state index contributed by atoms with van der Waals surface area (Å²) in [6.45, 7) is 0.150. The zero-order valence-corrected chi connectivity index (χ0v) is 8.20. The van der Waals surface area contributed by atoms with E-state index in [1.54, 1.807) is 0 Å². The van der Waals surface area contributed by atoms with Crippen LogP contribution in [0.5, 0.6) is 0 Å². The number of ether oxygens (including phenoxy) is 1. The highest BCUT2D eigenvalue weighted by Crippen LogP contribution is 2.36. The quantitative estimate of drug-likeness (QED) is 0.540. The van der Waals surface area contributed by atoms with Gasteiger partial charge in [0.05, 0.1) is 5.92 Å². The average molecular weight is 234 g/mol. The van der Waals surface area contributed by atoms with E-state index in [1.165, 1.54) is 13.8 Å². The van der Waals surface area contributed by atoms with E-state index in [9.17, 15) is 26.7 Å². The molecule has 7 heteroatoms. The first-order valence-electron chi connectivity index (χ1n) is 4.22. The summed E-state index contributed by atoms with van der Waals surface area (Å²) < 4.78 is 64.4. The maximum atomic E-state index is 12.5. The highest BCUT2D eigenvalue weighted by Gasteiger charge is 2.60. The highest BCUT2D eigenvalue weighted by molar-refractivity contribution is 5.72. The van der Waals surface area contributed by atoms with Gasteiger partial charge in [0.25, 0.3) is 0 Å². The monoisotopic (exact) mass is 234 g/mol. The van der Waals surface area contributed by atoms with Crippen LogP contribution in [0.4, 0.5) is 22.0 Å². The molecule has 0 aliphatic rings. The molecular weight excluding hydrogens is 223 g/mol. The molecule has 0 aromatic heterocycles. The molecule has 0 bridgehead atoms. The van der Waals surface area contributed by atoms with E-state index in [1.807, 2.05) is 0 Å². The second-order valence-electron chi connectivity index (χ2n) is 3.09. The van der Waals surface area contributed by atoms with Gasteiger partial charge in [0.1, 0.15) is 0 Å². The van der Waals surface area contributed by atoms with Gasteiger partial charge in [-0.3, -0.25) is 4.79 Å². The molecule has 0 aromatic rings. The molecule has 0 heterocycles. The number of carbonyl (C=O) groups excluding carboxylic acids is 1. The molecular formula is C8H11F5O2. The number of halogens is 5. The minimum Gasteiger partial charge on any atom is -0.396 e. The molecule has 2 nitrogen and oxygen atoms in total. The van der Waals surface area contributed by atoms with Crippen molar-refractivity contribution in [3.05, 3.63) is 0 Å². The number of rotatable bonds is 5. The van der Waals surface area contributed by atoms with Crippen molar-refractivity contribution in [1.82, 2.24) is 0 Å². The van der Waals surface area contributed by atoms with Crippen molar-refractivity contribution >= 4 is 5.97 Å². The number of esters is 1. The number of carbonyl (C=O) groups is 1. The topological polar surface area (TPSA) is 26.3 Å². The van der Waals surface area contributed by atoms with Gasteiger partial charge in [0, 0.05) is 0 Å². The molecule has 0 amide bonds. The van der Waals surface area contributed by atoms with Crippen LogP contribution in [0.15, 0.2) is 0 Å². The Kier molecular flexibility index (Phi) is 4.48. The molecule has 1 atom stereocenters. The van der Waals surface area contributed by atoms with Crippen LogP contribution in [0.3, 0.4) is 0 Å². The SMILES string of the molecule is CCC(C)C(=O)OC(F)(F)C(F)(F)CF. The van der Waals surface area contributed by atoms with Crippen molar-refractivity contribution in [1.29, 1.82) is 0 Å². The fraction of sp³-hybridized carbons (Fsp3) is 0.875. The minimum atomic E-state index is -5.11. The minimum absolute atomic E-state index is 0.163. The Balaban J connectivity index is 4.57. The van der Waals surface area contributed by atoms with Crippen LogP contribution < -0.4 is 0 Å². The van der Waals surface area contributed by atoms with Gasteiger partial charge in [-0.15, -0.1) is 0 Å². The van der Waals surface area contributed by atoms with Crippen LogP contribution in [0.1, 0.15) is 20.3 Å². The first kappa shape index (κ1) is 14.1. The Morgan fingerprint density at radius 1 is 1.33 bits per heavy atom. The van der Waals surface area contributed by atoms with Gasteiger partial charge in [0.15, 0.2) is 6.67 Å². The maximum absolute atomic E-state index is 12.5. The Bertz CT molecular complexity index is 229. The average Bonchev–Trinajstić information content (AvgIpc) is 2.15. The van der Waals surface area contributed by atoms with Gasteiger partial charge in [0.2, 0.25) is 0 Å². The third-order valence-electron chi connectivity index (χ3n) is 1.84. The van der Waals surface area contributed by atoms with Gasteiger partial charge in [-0.2, -0.15) is 17.6 Å². The summed E-state index contributed by atoms with van der Waals surface area (Å²) in [5.74, 6) is -7.40. The zero-order chi connectivity index (χ0) is 12.3. The van der Waals surface area contributed by atoms with Gasteiger partial charge >= 0.3 is 18.0 Å². The van der Waals surface area contributed by atoms with E-state index in [4.69, 9.17) is 0 Å².